The van der Waals surface area contributed by atoms with Gasteiger partial charge in [0.05, 0.1) is 13.7 Å². The summed E-state index contributed by atoms with van der Waals surface area (Å²) in [5.74, 6) is 1.07. The number of ether oxygens (including phenoxy) is 2. The summed E-state index contributed by atoms with van der Waals surface area (Å²) in [5, 5.41) is 9.79. The van der Waals surface area contributed by atoms with Gasteiger partial charge >= 0.3 is 0 Å². The molecule has 0 aliphatic carbocycles. The lowest BCUT2D eigenvalue weighted by Crippen LogP contribution is -2.26. The zero-order valence-electron chi connectivity index (χ0n) is 10.8. The molecule has 0 aromatic heterocycles. The summed E-state index contributed by atoms with van der Waals surface area (Å²) in [6, 6.07) is 5.29. The van der Waals surface area contributed by atoms with Crippen molar-refractivity contribution in [2.24, 2.45) is 0 Å². The Kier molecular flexibility index (Phi) is 5.80. The maximum absolute atomic E-state index is 9.79. The largest absolute Gasteiger partial charge is 0.508 e. The molecule has 0 radical (unpaired) electrons. The topological polar surface area (TPSA) is 41.9 Å². The molecule has 4 heteroatoms. The van der Waals surface area contributed by atoms with E-state index in [0.717, 1.165) is 24.4 Å². The number of benzene rings is 1. The molecular formula is C13H21NO3. The fourth-order valence-electron chi connectivity index (χ4n) is 1.63. The van der Waals surface area contributed by atoms with E-state index in [9.17, 15) is 5.11 Å². The van der Waals surface area contributed by atoms with Crippen LogP contribution in [0.3, 0.4) is 0 Å². The van der Waals surface area contributed by atoms with Gasteiger partial charge in [-0.2, -0.15) is 0 Å². The maximum atomic E-state index is 9.79. The maximum Gasteiger partial charge on any atom is 0.120 e. The minimum absolute atomic E-state index is 0.307. The van der Waals surface area contributed by atoms with Crippen molar-refractivity contribution in [1.29, 1.82) is 0 Å². The first-order valence-corrected chi connectivity index (χ1v) is 5.78. The van der Waals surface area contributed by atoms with Gasteiger partial charge in [0.15, 0.2) is 0 Å². The van der Waals surface area contributed by atoms with Gasteiger partial charge in [-0.25, -0.2) is 0 Å². The molecule has 0 unspecified atom stereocenters. The highest BCUT2D eigenvalue weighted by atomic mass is 16.5. The molecule has 1 aromatic rings. The second kappa shape index (κ2) is 7.14. The monoisotopic (exact) mass is 239 g/mol. The van der Waals surface area contributed by atoms with Gasteiger partial charge in [0, 0.05) is 25.8 Å². The Morgan fingerprint density at radius 1 is 1.29 bits per heavy atom. The number of phenolic OH excluding ortho intramolecular Hbond substituents is 1. The molecule has 0 fully saturated rings. The summed E-state index contributed by atoms with van der Waals surface area (Å²) in [6.07, 6.45) is 0. The SMILES string of the molecule is CCN(CCOC)Cc1cc(OC)ccc1O. The summed E-state index contributed by atoms with van der Waals surface area (Å²) in [4.78, 5) is 2.21. The molecular weight excluding hydrogens is 218 g/mol. The molecule has 0 amide bonds. The van der Waals surface area contributed by atoms with E-state index in [4.69, 9.17) is 9.47 Å². The summed E-state index contributed by atoms with van der Waals surface area (Å²) in [5.41, 5.74) is 0.877. The third-order valence-corrected chi connectivity index (χ3v) is 2.74. The van der Waals surface area contributed by atoms with Crippen molar-refractivity contribution in [3.63, 3.8) is 0 Å². The predicted octanol–water partition coefficient (Wildman–Crippen LogP) is 1.87. The van der Waals surface area contributed by atoms with Crippen molar-refractivity contribution >= 4 is 0 Å². The molecule has 0 spiro atoms. The average molecular weight is 239 g/mol. The second-order valence-corrected chi connectivity index (χ2v) is 3.86. The standard InChI is InChI=1S/C13H21NO3/c1-4-14(7-8-16-2)10-11-9-12(17-3)5-6-13(11)15/h5-6,9,15H,4,7-8,10H2,1-3H3. The van der Waals surface area contributed by atoms with Crippen LogP contribution in [0.15, 0.2) is 18.2 Å². The van der Waals surface area contributed by atoms with Crippen LogP contribution in [0.25, 0.3) is 0 Å². The van der Waals surface area contributed by atoms with Gasteiger partial charge < -0.3 is 14.6 Å². The molecule has 0 saturated heterocycles. The van der Waals surface area contributed by atoms with E-state index in [0.29, 0.717) is 18.9 Å². The van der Waals surface area contributed by atoms with Gasteiger partial charge in [-0.05, 0) is 24.7 Å². The number of hydrogen-bond donors (Lipinski definition) is 1. The van der Waals surface area contributed by atoms with Crippen LogP contribution >= 0.6 is 0 Å². The highest BCUT2D eigenvalue weighted by molar-refractivity contribution is 5.39. The fourth-order valence-corrected chi connectivity index (χ4v) is 1.63. The van der Waals surface area contributed by atoms with E-state index in [-0.39, 0.29) is 0 Å². The summed E-state index contributed by atoms with van der Waals surface area (Å²) in [7, 11) is 3.32. The fraction of sp³-hybridized carbons (Fsp3) is 0.538. The van der Waals surface area contributed by atoms with E-state index in [2.05, 4.69) is 11.8 Å². The van der Waals surface area contributed by atoms with Crippen LogP contribution in [-0.2, 0) is 11.3 Å². The van der Waals surface area contributed by atoms with Crippen molar-refractivity contribution in [1.82, 2.24) is 4.90 Å². The van der Waals surface area contributed by atoms with Crippen molar-refractivity contribution in [3.05, 3.63) is 23.8 Å². The van der Waals surface area contributed by atoms with E-state index in [1.54, 1.807) is 26.4 Å². The number of methoxy groups -OCH3 is 2. The first-order valence-electron chi connectivity index (χ1n) is 5.78. The Hall–Kier alpha value is -1.26. The second-order valence-electron chi connectivity index (χ2n) is 3.86. The number of hydrogen-bond acceptors (Lipinski definition) is 4. The molecule has 1 rings (SSSR count). The quantitative estimate of drug-likeness (QED) is 0.788. The molecule has 0 heterocycles. The predicted molar refractivity (Wildman–Crippen MR) is 67.5 cm³/mol. The zero-order valence-corrected chi connectivity index (χ0v) is 10.8. The average Bonchev–Trinajstić information content (AvgIpc) is 2.36. The molecule has 4 nitrogen and oxygen atoms in total. The molecule has 0 atom stereocenters. The van der Waals surface area contributed by atoms with Crippen LogP contribution in [0, 0.1) is 0 Å². The normalized spacial score (nSPS) is 10.8. The third-order valence-electron chi connectivity index (χ3n) is 2.74. The lowest BCUT2D eigenvalue weighted by atomic mass is 10.1. The van der Waals surface area contributed by atoms with Gasteiger partial charge in [-0.3, -0.25) is 4.90 Å². The van der Waals surface area contributed by atoms with Gasteiger partial charge in [-0.15, -0.1) is 0 Å². The Morgan fingerprint density at radius 3 is 2.65 bits per heavy atom. The van der Waals surface area contributed by atoms with Crippen LogP contribution < -0.4 is 4.74 Å². The van der Waals surface area contributed by atoms with Gasteiger partial charge in [0.2, 0.25) is 0 Å². The number of likely N-dealkylation sites (N-methyl/N-ethyl adjacent to an activating group) is 1. The van der Waals surface area contributed by atoms with E-state index >= 15 is 0 Å². The Labute approximate surface area is 103 Å². The molecule has 0 aliphatic heterocycles. The van der Waals surface area contributed by atoms with Crippen LogP contribution in [0.1, 0.15) is 12.5 Å². The Morgan fingerprint density at radius 2 is 2.06 bits per heavy atom. The lowest BCUT2D eigenvalue weighted by molar-refractivity contribution is 0.147. The van der Waals surface area contributed by atoms with Crippen LogP contribution in [0.2, 0.25) is 0 Å². The number of nitrogens with zero attached hydrogens (tertiary/aromatic N) is 1. The van der Waals surface area contributed by atoms with E-state index in [1.165, 1.54) is 0 Å². The number of phenols is 1. The first kappa shape index (κ1) is 13.8. The first-order chi connectivity index (χ1) is 8.21. The van der Waals surface area contributed by atoms with Crippen molar-refractivity contribution in [2.75, 3.05) is 33.9 Å². The molecule has 0 aliphatic rings. The molecule has 96 valence electrons. The summed E-state index contributed by atoms with van der Waals surface area (Å²) >= 11 is 0. The molecule has 1 N–H and O–H groups in total. The smallest absolute Gasteiger partial charge is 0.120 e. The molecule has 0 bridgehead atoms. The molecule has 17 heavy (non-hydrogen) atoms. The van der Waals surface area contributed by atoms with Crippen molar-refractivity contribution < 1.29 is 14.6 Å². The van der Waals surface area contributed by atoms with Crippen LogP contribution in [0.4, 0.5) is 0 Å². The van der Waals surface area contributed by atoms with Gasteiger partial charge in [0.25, 0.3) is 0 Å². The Balaban J connectivity index is 2.70. The highest BCUT2D eigenvalue weighted by Gasteiger charge is 2.08. The highest BCUT2D eigenvalue weighted by Crippen LogP contribution is 2.24. The number of aromatic hydroxyl groups is 1. The van der Waals surface area contributed by atoms with E-state index in [1.807, 2.05) is 6.07 Å². The van der Waals surface area contributed by atoms with Crippen molar-refractivity contribution in [2.45, 2.75) is 13.5 Å². The van der Waals surface area contributed by atoms with Crippen LogP contribution in [0.5, 0.6) is 11.5 Å². The van der Waals surface area contributed by atoms with Crippen LogP contribution in [-0.4, -0.2) is 43.9 Å². The minimum Gasteiger partial charge on any atom is -0.508 e. The van der Waals surface area contributed by atoms with E-state index < -0.39 is 0 Å². The molecule has 0 saturated carbocycles. The lowest BCUT2D eigenvalue weighted by Gasteiger charge is -2.20. The third kappa shape index (κ3) is 4.24. The van der Waals surface area contributed by atoms with Gasteiger partial charge in [0.1, 0.15) is 11.5 Å². The summed E-state index contributed by atoms with van der Waals surface area (Å²) < 4.78 is 10.2. The molecule has 1 aromatic carbocycles. The Bertz CT molecular complexity index is 341. The van der Waals surface area contributed by atoms with Crippen molar-refractivity contribution in [3.8, 4) is 11.5 Å². The van der Waals surface area contributed by atoms with Gasteiger partial charge in [-0.1, -0.05) is 6.92 Å². The zero-order chi connectivity index (χ0) is 12.7. The summed E-state index contributed by atoms with van der Waals surface area (Å²) in [6.45, 7) is 5.25. The number of rotatable bonds is 7. The minimum atomic E-state index is 0.307.